The summed E-state index contributed by atoms with van der Waals surface area (Å²) in [5, 5.41) is 18.0. The molecule has 138 valence electrons. The van der Waals surface area contributed by atoms with Gasteiger partial charge in [0.05, 0.1) is 11.8 Å². The molecule has 0 aromatic heterocycles. The Morgan fingerprint density at radius 3 is 1.50 bits per heavy atom. The summed E-state index contributed by atoms with van der Waals surface area (Å²) >= 11 is 0. The zero-order chi connectivity index (χ0) is 17.5. The molecule has 4 nitrogen and oxygen atoms in total. The van der Waals surface area contributed by atoms with Crippen LogP contribution in [0.15, 0.2) is 0 Å². The molecular formula is C20H34O4. The van der Waals surface area contributed by atoms with Gasteiger partial charge < -0.3 is 10.2 Å². The molecule has 0 amide bonds. The van der Waals surface area contributed by atoms with Crippen LogP contribution in [0.25, 0.3) is 0 Å². The standard InChI is InChI=1S/C20H34O4/c21-17(22)16-19(12-13-19)10-8-6-4-2-1-3-5-7-9-11-20(14-15-20)18(23)24/h1-16H2,(H,21,22)(H,23,24). The summed E-state index contributed by atoms with van der Waals surface area (Å²) in [6.45, 7) is 0. The fraction of sp³-hybridized carbons (Fsp3) is 0.900. The maximum atomic E-state index is 11.1. The van der Waals surface area contributed by atoms with E-state index >= 15 is 0 Å². The normalized spacial score (nSPS) is 19.8. The second-order valence-corrected chi connectivity index (χ2v) is 8.34. The van der Waals surface area contributed by atoms with Crippen LogP contribution in [-0.4, -0.2) is 22.2 Å². The summed E-state index contributed by atoms with van der Waals surface area (Å²) < 4.78 is 0. The summed E-state index contributed by atoms with van der Waals surface area (Å²) in [6, 6.07) is 0. The first-order valence-electron chi connectivity index (χ1n) is 9.93. The SMILES string of the molecule is O=C(O)CC1(CCCCCCCCCCCC2(C(=O)O)CC2)CC1. The zero-order valence-electron chi connectivity index (χ0n) is 15.0. The van der Waals surface area contributed by atoms with E-state index in [2.05, 4.69) is 0 Å². The van der Waals surface area contributed by atoms with Crippen molar-refractivity contribution in [2.75, 3.05) is 0 Å². The Morgan fingerprint density at radius 1 is 0.667 bits per heavy atom. The largest absolute Gasteiger partial charge is 0.481 e. The van der Waals surface area contributed by atoms with Gasteiger partial charge in [0.25, 0.3) is 0 Å². The third kappa shape index (κ3) is 6.45. The third-order valence-electron chi connectivity index (χ3n) is 6.15. The highest BCUT2D eigenvalue weighted by atomic mass is 16.4. The van der Waals surface area contributed by atoms with E-state index in [0.29, 0.717) is 6.42 Å². The van der Waals surface area contributed by atoms with Crippen molar-refractivity contribution in [3.8, 4) is 0 Å². The van der Waals surface area contributed by atoms with Crippen molar-refractivity contribution in [1.29, 1.82) is 0 Å². The van der Waals surface area contributed by atoms with Crippen LogP contribution in [0, 0.1) is 10.8 Å². The van der Waals surface area contributed by atoms with Crippen LogP contribution < -0.4 is 0 Å². The number of aliphatic carboxylic acids is 2. The molecule has 0 bridgehead atoms. The fourth-order valence-electron chi connectivity index (χ4n) is 3.94. The second-order valence-electron chi connectivity index (χ2n) is 8.34. The molecule has 0 atom stereocenters. The molecule has 0 saturated heterocycles. The zero-order valence-corrected chi connectivity index (χ0v) is 15.0. The first-order valence-corrected chi connectivity index (χ1v) is 9.93. The first kappa shape index (κ1) is 19.3. The van der Waals surface area contributed by atoms with Gasteiger partial charge in [0, 0.05) is 0 Å². The number of hydrogen-bond donors (Lipinski definition) is 2. The molecule has 2 aliphatic carbocycles. The van der Waals surface area contributed by atoms with E-state index in [9.17, 15) is 9.59 Å². The molecule has 4 heteroatoms. The number of carbonyl (C=O) groups is 2. The molecule has 2 N–H and O–H groups in total. The van der Waals surface area contributed by atoms with Crippen LogP contribution >= 0.6 is 0 Å². The number of carboxylic acid groups (broad SMARTS) is 2. The van der Waals surface area contributed by atoms with Gasteiger partial charge in [-0.05, 0) is 43.9 Å². The van der Waals surface area contributed by atoms with Crippen molar-refractivity contribution in [1.82, 2.24) is 0 Å². The molecular weight excluding hydrogens is 304 g/mol. The average molecular weight is 338 g/mol. The van der Waals surface area contributed by atoms with Gasteiger partial charge in [-0.2, -0.15) is 0 Å². The van der Waals surface area contributed by atoms with Crippen molar-refractivity contribution in [2.45, 2.75) is 103 Å². The van der Waals surface area contributed by atoms with Crippen LogP contribution in [-0.2, 0) is 9.59 Å². The molecule has 2 fully saturated rings. The second kappa shape index (κ2) is 8.87. The van der Waals surface area contributed by atoms with Crippen LogP contribution in [0.1, 0.15) is 103 Å². The molecule has 0 aromatic rings. The van der Waals surface area contributed by atoms with Crippen LogP contribution in [0.2, 0.25) is 0 Å². The van der Waals surface area contributed by atoms with E-state index in [1.165, 1.54) is 51.4 Å². The minimum Gasteiger partial charge on any atom is -0.481 e. The molecule has 2 aliphatic rings. The fourth-order valence-corrected chi connectivity index (χ4v) is 3.94. The molecule has 24 heavy (non-hydrogen) atoms. The summed E-state index contributed by atoms with van der Waals surface area (Å²) in [7, 11) is 0. The van der Waals surface area contributed by atoms with E-state index in [4.69, 9.17) is 10.2 Å². The quantitative estimate of drug-likeness (QED) is 0.392. The van der Waals surface area contributed by atoms with Crippen molar-refractivity contribution < 1.29 is 19.8 Å². The monoisotopic (exact) mass is 338 g/mol. The minimum atomic E-state index is -0.636. The molecule has 0 spiro atoms. The molecule has 0 heterocycles. The molecule has 0 unspecified atom stereocenters. The summed E-state index contributed by atoms with van der Waals surface area (Å²) in [4.78, 5) is 21.9. The molecule has 0 aromatic carbocycles. The van der Waals surface area contributed by atoms with Crippen molar-refractivity contribution >= 4 is 11.9 Å². The van der Waals surface area contributed by atoms with Gasteiger partial charge in [-0.3, -0.25) is 9.59 Å². The number of hydrogen-bond acceptors (Lipinski definition) is 2. The maximum absolute atomic E-state index is 11.1. The number of unbranched alkanes of at least 4 members (excludes halogenated alkanes) is 8. The molecule has 0 aliphatic heterocycles. The van der Waals surface area contributed by atoms with Gasteiger partial charge in [0.15, 0.2) is 0 Å². The van der Waals surface area contributed by atoms with Crippen LogP contribution in [0.3, 0.4) is 0 Å². The Kier molecular flexibility index (Phi) is 7.12. The van der Waals surface area contributed by atoms with Crippen molar-refractivity contribution in [2.24, 2.45) is 10.8 Å². The lowest BCUT2D eigenvalue weighted by atomic mass is 9.94. The highest BCUT2D eigenvalue weighted by Crippen LogP contribution is 2.53. The van der Waals surface area contributed by atoms with Crippen molar-refractivity contribution in [3.05, 3.63) is 0 Å². The maximum Gasteiger partial charge on any atom is 0.309 e. The van der Waals surface area contributed by atoms with Crippen LogP contribution in [0.4, 0.5) is 0 Å². The van der Waals surface area contributed by atoms with E-state index in [1.807, 2.05) is 0 Å². The Bertz CT molecular complexity index is 421. The Balaban J connectivity index is 1.34. The van der Waals surface area contributed by atoms with Gasteiger partial charge in [-0.25, -0.2) is 0 Å². The predicted octanol–water partition coefficient (Wildman–Crippen LogP) is 5.40. The van der Waals surface area contributed by atoms with Crippen LogP contribution in [0.5, 0.6) is 0 Å². The number of carboxylic acids is 2. The lowest BCUT2D eigenvalue weighted by molar-refractivity contribution is -0.143. The molecule has 2 rings (SSSR count). The predicted molar refractivity (Wildman–Crippen MR) is 94.0 cm³/mol. The number of rotatable bonds is 15. The van der Waals surface area contributed by atoms with E-state index in [1.54, 1.807) is 0 Å². The highest BCUT2D eigenvalue weighted by Gasteiger charge is 2.49. The molecule has 0 radical (unpaired) electrons. The topological polar surface area (TPSA) is 74.6 Å². The Labute approximate surface area is 146 Å². The summed E-state index contributed by atoms with van der Waals surface area (Å²) in [5.74, 6) is -1.22. The van der Waals surface area contributed by atoms with Gasteiger partial charge in [-0.1, -0.05) is 57.8 Å². The van der Waals surface area contributed by atoms with Gasteiger partial charge in [0.2, 0.25) is 0 Å². The van der Waals surface area contributed by atoms with Gasteiger partial charge in [0.1, 0.15) is 0 Å². The third-order valence-corrected chi connectivity index (χ3v) is 6.15. The van der Waals surface area contributed by atoms with E-state index in [-0.39, 0.29) is 10.8 Å². The van der Waals surface area contributed by atoms with Gasteiger partial charge in [-0.15, -0.1) is 0 Å². The Morgan fingerprint density at radius 2 is 1.12 bits per heavy atom. The summed E-state index contributed by atoms with van der Waals surface area (Å²) in [5.41, 5.74) is -0.166. The minimum absolute atomic E-state index is 0.167. The van der Waals surface area contributed by atoms with Crippen molar-refractivity contribution in [3.63, 3.8) is 0 Å². The molecule has 2 saturated carbocycles. The lowest BCUT2D eigenvalue weighted by Crippen LogP contribution is -2.14. The summed E-state index contributed by atoms with van der Waals surface area (Å²) in [6.07, 6.45) is 17.3. The smallest absolute Gasteiger partial charge is 0.309 e. The highest BCUT2D eigenvalue weighted by molar-refractivity contribution is 5.77. The van der Waals surface area contributed by atoms with E-state index in [0.717, 1.165) is 44.9 Å². The van der Waals surface area contributed by atoms with E-state index < -0.39 is 11.9 Å². The first-order chi connectivity index (χ1) is 11.5. The average Bonchev–Trinajstić information content (AvgIpc) is 3.42. The lowest BCUT2D eigenvalue weighted by Gasteiger charge is -2.11. The van der Waals surface area contributed by atoms with Gasteiger partial charge >= 0.3 is 11.9 Å². The Hall–Kier alpha value is -1.06.